The van der Waals surface area contributed by atoms with Gasteiger partial charge in [0.25, 0.3) is 5.91 Å². The minimum Gasteiger partial charge on any atom is -0.506 e. The van der Waals surface area contributed by atoms with Gasteiger partial charge in [0.1, 0.15) is 28.5 Å². The summed E-state index contributed by atoms with van der Waals surface area (Å²) in [6.07, 6.45) is -0.557. The number of ether oxygens (including phenoxy) is 2. The summed E-state index contributed by atoms with van der Waals surface area (Å²) in [7, 11) is 1.26. The van der Waals surface area contributed by atoms with Crippen LogP contribution in [0, 0.1) is 0 Å². The lowest BCUT2D eigenvalue weighted by Gasteiger charge is -2.25. The molecule has 6 rings (SSSR count). The van der Waals surface area contributed by atoms with Crippen molar-refractivity contribution in [3.05, 3.63) is 46.8 Å². The van der Waals surface area contributed by atoms with E-state index in [1.807, 2.05) is 0 Å². The lowest BCUT2D eigenvalue weighted by atomic mass is 9.98. The van der Waals surface area contributed by atoms with E-state index in [0.29, 0.717) is 33.2 Å². The molecule has 0 aliphatic carbocycles. The summed E-state index contributed by atoms with van der Waals surface area (Å²) in [6, 6.07) is 6.18. The molecule has 4 heterocycles. The molecule has 2 aromatic carbocycles. The zero-order valence-electron chi connectivity index (χ0n) is 23.9. The number of H-pyrrole nitrogens is 2. The quantitative estimate of drug-likeness (QED) is 0.162. The van der Waals surface area contributed by atoms with Gasteiger partial charge in [0.15, 0.2) is 0 Å². The summed E-state index contributed by atoms with van der Waals surface area (Å²) in [5, 5.41) is 23.0. The number of aromatic hydroxyl groups is 2. The first kappa shape index (κ1) is 29.0. The van der Waals surface area contributed by atoms with Gasteiger partial charge in [-0.1, -0.05) is 0 Å². The van der Waals surface area contributed by atoms with Crippen LogP contribution >= 0.6 is 23.2 Å². The molecule has 0 unspecified atom stereocenters. The van der Waals surface area contributed by atoms with Crippen LogP contribution in [0.4, 0.5) is 16.2 Å². The Morgan fingerprint density at radius 3 is 1.86 bits per heavy atom. The van der Waals surface area contributed by atoms with E-state index in [9.17, 15) is 24.6 Å². The SMILES string of the molecule is COC(=O)c1cc2c3c(cc(O)c2[nH]1)N(C(=O)c1cc2c4c(cc(O)c2[nH]1)N(C(=O)OC(C)(C)C)C[C@@H]4CCl)C[C@@H]3CCl. The zero-order chi connectivity index (χ0) is 31.0. The molecule has 0 fully saturated rings. The van der Waals surface area contributed by atoms with Crippen molar-refractivity contribution in [2.75, 3.05) is 41.8 Å². The molecule has 13 heteroatoms. The van der Waals surface area contributed by atoms with Crippen molar-refractivity contribution < 1.29 is 34.1 Å². The number of nitrogens with zero attached hydrogens (tertiary/aromatic N) is 2. The molecule has 2 amide bonds. The van der Waals surface area contributed by atoms with Crippen molar-refractivity contribution in [2.24, 2.45) is 0 Å². The number of halogens is 2. The first-order chi connectivity index (χ1) is 20.4. The fourth-order valence-corrected chi connectivity index (χ4v) is 6.62. The van der Waals surface area contributed by atoms with E-state index in [2.05, 4.69) is 9.97 Å². The smallest absolute Gasteiger partial charge is 0.414 e. The number of anilines is 2. The summed E-state index contributed by atoms with van der Waals surface area (Å²) >= 11 is 12.7. The Hall–Kier alpha value is -4.09. The number of hydrogen-bond donors (Lipinski definition) is 4. The van der Waals surface area contributed by atoms with Crippen LogP contribution < -0.4 is 9.80 Å². The number of fused-ring (bicyclic) bond motifs is 6. The minimum absolute atomic E-state index is 0.140. The molecule has 11 nitrogen and oxygen atoms in total. The van der Waals surface area contributed by atoms with Gasteiger partial charge in [0, 0.05) is 59.6 Å². The molecule has 0 saturated heterocycles. The maximum absolute atomic E-state index is 14.0. The molecular weight excluding hydrogens is 599 g/mol. The number of phenols is 2. The highest BCUT2D eigenvalue weighted by Gasteiger charge is 2.39. The maximum atomic E-state index is 14.0. The summed E-state index contributed by atoms with van der Waals surface area (Å²) in [6.45, 7) is 5.81. The molecule has 2 aliphatic heterocycles. The molecule has 0 radical (unpaired) electrons. The summed E-state index contributed by atoms with van der Waals surface area (Å²) in [5.74, 6) is -1.44. The molecule has 2 aromatic heterocycles. The van der Waals surface area contributed by atoms with Gasteiger partial charge < -0.3 is 34.6 Å². The van der Waals surface area contributed by atoms with E-state index >= 15 is 0 Å². The van der Waals surface area contributed by atoms with Crippen LogP contribution in [-0.4, -0.2) is 75.7 Å². The Kier molecular flexibility index (Phi) is 6.93. The molecule has 43 heavy (non-hydrogen) atoms. The van der Waals surface area contributed by atoms with Gasteiger partial charge in [-0.2, -0.15) is 0 Å². The summed E-state index contributed by atoms with van der Waals surface area (Å²) in [4.78, 5) is 48.2. The highest BCUT2D eigenvalue weighted by atomic mass is 35.5. The predicted octanol–water partition coefficient (Wildman–Crippen LogP) is 5.91. The van der Waals surface area contributed by atoms with Gasteiger partial charge in [-0.3, -0.25) is 9.69 Å². The van der Waals surface area contributed by atoms with E-state index in [0.717, 1.165) is 11.1 Å². The highest BCUT2D eigenvalue weighted by molar-refractivity contribution is 6.20. The number of amides is 2. The van der Waals surface area contributed by atoms with E-state index in [-0.39, 0.29) is 59.6 Å². The average Bonchev–Trinajstić information content (AvgIpc) is 3.73. The van der Waals surface area contributed by atoms with Gasteiger partial charge in [-0.05, 0) is 44.0 Å². The number of hydrogen-bond acceptors (Lipinski definition) is 7. The second-order valence-corrected chi connectivity index (χ2v) is 12.4. The Morgan fingerprint density at radius 2 is 1.35 bits per heavy atom. The van der Waals surface area contributed by atoms with Crippen LogP contribution in [-0.2, 0) is 9.47 Å². The van der Waals surface area contributed by atoms with Crippen LogP contribution in [0.2, 0.25) is 0 Å². The first-order valence-electron chi connectivity index (χ1n) is 13.7. The number of benzene rings is 2. The second kappa shape index (κ2) is 10.3. The normalized spacial score (nSPS) is 17.9. The number of carbonyl (C=O) groups is 3. The number of aromatic nitrogens is 2. The lowest BCUT2D eigenvalue weighted by molar-refractivity contribution is 0.0577. The van der Waals surface area contributed by atoms with Gasteiger partial charge in [-0.25, -0.2) is 9.59 Å². The Bertz CT molecular complexity index is 1820. The Labute approximate surface area is 256 Å². The topological polar surface area (TPSA) is 148 Å². The summed E-state index contributed by atoms with van der Waals surface area (Å²) < 4.78 is 10.4. The zero-order valence-corrected chi connectivity index (χ0v) is 25.4. The molecule has 2 aliphatic rings. The first-order valence-corrected chi connectivity index (χ1v) is 14.7. The van der Waals surface area contributed by atoms with Gasteiger partial charge in [-0.15, -0.1) is 23.2 Å². The highest BCUT2D eigenvalue weighted by Crippen LogP contribution is 2.48. The number of methoxy groups -OCH3 is 1. The van der Waals surface area contributed by atoms with Crippen LogP contribution in [0.15, 0.2) is 24.3 Å². The molecule has 226 valence electrons. The molecular formula is C30H30Cl2N4O7. The predicted molar refractivity (Wildman–Crippen MR) is 163 cm³/mol. The van der Waals surface area contributed by atoms with Crippen molar-refractivity contribution in [1.82, 2.24) is 9.97 Å². The lowest BCUT2D eigenvalue weighted by Crippen LogP contribution is -2.36. The van der Waals surface area contributed by atoms with E-state index < -0.39 is 23.6 Å². The van der Waals surface area contributed by atoms with Gasteiger partial charge in [0.2, 0.25) is 0 Å². The number of alkyl halides is 2. The van der Waals surface area contributed by atoms with Crippen molar-refractivity contribution in [3.63, 3.8) is 0 Å². The summed E-state index contributed by atoms with van der Waals surface area (Å²) in [5.41, 5.74) is 2.69. The minimum atomic E-state index is -0.718. The Balaban J connectivity index is 1.43. The molecule has 0 bridgehead atoms. The molecule has 4 N–H and O–H groups in total. The third-order valence-corrected chi connectivity index (χ3v) is 8.64. The number of carbonyl (C=O) groups excluding carboxylic acids is 3. The molecule has 4 aromatic rings. The Morgan fingerprint density at radius 1 is 0.860 bits per heavy atom. The van der Waals surface area contributed by atoms with Crippen LogP contribution in [0.5, 0.6) is 11.5 Å². The standard InChI is InChI=1S/C30H30Cl2N4O7/c1-30(2,3)43-29(41)36-12-14(10-32)24-15-5-17(33-25(15)22(38)8-20(24)36)27(39)35-11-13(9-31)23-16-6-18(28(40)42-4)34-26(16)21(37)7-19(23)35/h5-8,13-14,33-34,37-38H,9-12H2,1-4H3/t13-,14-/m0/s1. The molecule has 0 saturated carbocycles. The molecule has 0 spiro atoms. The van der Waals surface area contributed by atoms with Gasteiger partial charge >= 0.3 is 12.1 Å². The van der Waals surface area contributed by atoms with Crippen molar-refractivity contribution >= 4 is 74.4 Å². The fourth-order valence-electron chi connectivity index (χ4n) is 6.11. The van der Waals surface area contributed by atoms with Crippen molar-refractivity contribution in [2.45, 2.75) is 38.2 Å². The van der Waals surface area contributed by atoms with E-state index in [1.165, 1.54) is 29.0 Å². The maximum Gasteiger partial charge on any atom is 0.414 e. The van der Waals surface area contributed by atoms with Gasteiger partial charge in [0.05, 0.1) is 29.5 Å². The van der Waals surface area contributed by atoms with Crippen molar-refractivity contribution in [3.8, 4) is 11.5 Å². The monoisotopic (exact) mass is 628 g/mol. The van der Waals surface area contributed by atoms with E-state index in [4.69, 9.17) is 32.7 Å². The number of phenolic OH excluding ortho intramolecular Hbond substituents is 2. The number of esters is 1. The molecule has 2 atom stereocenters. The van der Waals surface area contributed by atoms with Crippen LogP contribution in [0.1, 0.15) is 64.7 Å². The average molecular weight is 629 g/mol. The number of rotatable bonds is 4. The third-order valence-electron chi connectivity index (χ3n) is 7.90. The third kappa shape index (κ3) is 4.62. The largest absolute Gasteiger partial charge is 0.506 e. The number of aromatic amines is 2. The van der Waals surface area contributed by atoms with Crippen LogP contribution in [0.25, 0.3) is 21.8 Å². The number of nitrogens with one attached hydrogen (secondary N) is 2. The van der Waals surface area contributed by atoms with Crippen LogP contribution in [0.3, 0.4) is 0 Å². The van der Waals surface area contributed by atoms with Crippen molar-refractivity contribution in [1.29, 1.82) is 0 Å². The second-order valence-electron chi connectivity index (χ2n) is 11.8. The van der Waals surface area contributed by atoms with E-state index in [1.54, 1.807) is 32.9 Å². The fraction of sp³-hybridized carbons (Fsp3) is 0.367.